The Morgan fingerprint density at radius 1 is 1.19 bits per heavy atom. The van der Waals surface area contributed by atoms with Gasteiger partial charge in [0.1, 0.15) is 17.2 Å². The maximum absolute atomic E-state index is 14.8. The summed E-state index contributed by atoms with van der Waals surface area (Å²) < 4.78 is 54.5. The lowest BCUT2D eigenvalue weighted by molar-refractivity contribution is -0.137. The van der Waals surface area contributed by atoms with Gasteiger partial charge in [-0.1, -0.05) is 0 Å². The second-order valence-electron chi connectivity index (χ2n) is 6.82. The third-order valence-electron chi connectivity index (χ3n) is 4.87. The largest absolute Gasteiger partial charge is 0.417 e. The highest BCUT2D eigenvalue weighted by Gasteiger charge is 2.30. The van der Waals surface area contributed by atoms with E-state index in [2.05, 4.69) is 15.0 Å². The second kappa shape index (κ2) is 7.49. The Morgan fingerprint density at radius 3 is 2.61 bits per heavy atom. The van der Waals surface area contributed by atoms with Crippen molar-refractivity contribution in [3.63, 3.8) is 0 Å². The molecule has 0 saturated carbocycles. The molecular formula is C20H16F4N6O. The van der Waals surface area contributed by atoms with Gasteiger partial charge in [0.2, 0.25) is 0 Å². The molecule has 31 heavy (non-hydrogen) atoms. The number of alkyl halides is 3. The summed E-state index contributed by atoms with van der Waals surface area (Å²) in [6.07, 6.45) is -0.820. The first-order valence-electron chi connectivity index (χ1n) is 9.21. The molecule has 11 heteroatoms. The van der Waals surface area contributed by atoms with Crippen molar-refractivity contribution in [2.75, 3.05) is 12.3 Å². The van der Waals surface area contributed by atoms with Gasteiger partial charge < -0.3 is 10.6 Å². The van der Waals surface area contributed by atoms with Gasteiger partial charge in [0, 0.05) is 18.8 Å². The number of carbonyl (C=O) groups excluding carboxylic acids is 1. The fourth-order valence-corrected chi connectivity index (χ4v) is 3.24. The van der Waals surface area contributed by atoms with E-state index in [1.807, 2.05) is 0 Å². The molecule has 7 nitrogen and oxygen atoms in total. The van der Waals surface area contributed by atoms with E-state index in [1.165, 1.54) is 29.6 Å². The topological polar surface area (TPSA) is 89.4 Å². The molecular weight excluding hydrogens is 416 g/mol. The van der Waals surface area contributed by atoms with Crippen molar-refractivity contribution in [1.29, 1.82) is 0 Å². The lowest BCUT2D eigenvalue weighted by Crippen LogP contribution is -2.31. The maximum Gasteiger partial charge on any atom is 0.417 e. The first kappa shape index (κ1) is 20.5. The second-order valence-corrected chi connectivity index (χ2v) is 6.82. The first-order valence-corrected chi connectivity index (χ1v) is 9.21. The molecule has 0 aliphatic carbocycles. The van der Waals surface area contributed by atoms with Crippen molar-refractivity contribution >= 4 is 28.3 Å². The van der Waals surface area contributed by atoms with E-state index in [0.717, 1.165) is 12.1 Å². The predicted octanol–water partition coefficient (Wildman–Crippen LogP) is 3.68. The van der Waals surface area contributed by atoms with E-state index >= 15 is 0 Å². The minimum Gasteiger partial charge on any atom is -0.382 e. The number of imidazole rings is 1. The van der Waals surface area contributed by atoms with Crippen LogP contribution in [0.5, 0.6) is 0 Å². The quantitative estimate of drug-likeness (QED) is 0.497. The van der Waals surface area contributed by atoms with Crippen LogP contribution in [0.1, 0.15) is 28.5 Å². The molecule has 0 fully saturated rings. The van der Waals surface area contributed by atoms with Gasteiger partial charge in [-0.3, -0.25) is 14.2 Å². The normalized spacial score (nSPS) is 11.9. The van der Waals surface area contributed by atoms with Crippen molar-refractivity contribution < 1.29 is 22.4 Å². The van der Waals surface area contributed by atoms with Gasteiger partial charge in [0.05, 0.1) is 46.9 Å². The number of hydrogen-bond donors (Lipinski definition) is 1. The molecule has 3 aromatic heterocycles. The Bertz CT molecular complexity index is 1280. The van der Waals surface area contributed by atoms with Crippen molar-refractivity contribution in [1.82, 2.24) is 24.3 Å². The highest BCUT2D eigenvalue weighted by Crippen LogP contribution is 2.28. The van der Waals surface area contributed by atoms with Crippen LogP contribution >= 0.6 is 0 Å². The summed E-state index contributed by atoms with van der Waals surface area (Å²) >= 11 is 0. The van der Waals surface area contributed by atoms with Gasteiger partial charge >= 0.3 is 6.18 Å². The van der Waals surface area contributed by atoms with Crippen molar-refractivity contribution in [3.8, 4) is 0 Å². The summed E-state index contributed by atoms with van der Waals surface area (Å²) in [7, 11) is 0. The van der Waals surface area contributed by atoms with Crippen molar-refractivity contribution in [3.05, 3.63) is 65.6 Å². The third kappa shape index (κ3) is 3.74. The number of amides is 1. The van der Waals surface area contributed by atoms with Crippen LogP contribution in [-0.4, -0.2) is 36.7 Å². The summed E-state index contributed by atoms with van der Waals surface area (Å²) in [4.78, 5) is 26.2. The number of aromatic nitrogens is 4. The number of nitrogens with two attached hydrogens (primary N) is 1. The zero-order valence-corrected chi connectivity index (χ0v) is 16.2. The number of rotatable bonds is 4. The van der Waals surface area contributed by atoms with Gasteiger partial charge in [0.25, 0.3) is 5.91 Å². The maximum atomic E-state index is 14.8. The molecule has 160 valence electrons. The van der Waals surface area contributed by atoms with Gasteiger partial charge in [-0.2, -0.15) is 13.2 Å². The number of hydrogen-bond acceptors (Lipinski definition) is 5. The first-order chi connectivity index (χ1) is 14.7. The van der Waals surface area contributed by atoms with Crippen molar-refractivity contribution in [2.24, 2.45) is 0 Å². The standard InChI is InChI=1S/C20H16F4N6O/c1-2-29(9-12-4-3-11(7-27-12)20(22,23)24)19(31)13-5-16-15(6-14(13)21)28-18(25)17-8-26-10-30(16)17/h3-8,10H,2,9H2,1H3,(H2,25,28). The highest BCUT2D eigenvalue weighted by molar-refractivity contribution is 5.98. The molecule has 0 radical (unpaired) electrons. The van der Waals surface area contributed by atoms with Crippen LogP contribution in [0.15, 0.2) is 43.0 Å². The predicted molar refractivity (Wildman–Crippen MR) is 105 cm³/mol. The van der Waals surface area contributed by atoms with Crippen LogP contribution in [0.3, 0.4) is 0 Å². The SMILES string of the molecule is CCN(Cc1ccc(C(F)(F)F)cn1)C(=O)c1cc2c(cc1F)nc(N)c1cncn12. The number of nitrogen functional groups attached to an aromatic ring is 1. The van der Waals surface area contributed by atoms with E-state index < -0.39 is 23.5 Å². The van der Waals surface area contributed by atoms with Crippen LogP contribution in [-0.2, 0) is 12.7 Å². The van der Waals surface area contributed by atoms with Gasteiger partial charge in [-0.15, -0.1) is 0 Å². The summed E-state index contributed by atoms with van der Waals surface area (Å²) in [5.74, 6) is -1.25. The Morgan fingerprint density at radius 2 is 1.97 bits per heavy atom. The number of nitrogens with zero attached hydrogens (tertiary/aromatic N) is 5. The summed E-state index contributed by atoms with van der Waals surface area (Å²) in [6.45, 7) is 1.79. The molecule has 0 aliphatic rings. The molecule has 4 rings (SSSR count). The zero-order valence-electron chi connectivity index (χ0n) is 16.2. The smallest absolute Gasteiger partial charge is 0.382 e. The number of pyridine rings is 1. The lowest BCUT2D eigenvalue weighted by atomic mass is 10.1. The van der Waals surface area contributed by atoms with Crippen LogP contribution in [0.2, 0.25) is 0 Å². The van der Waals surface area contributed by atoms with Crippen LogP contribution in [0, 0.1) is 5.82 Å². The molecule has 0 atom stereocenters. The van der Waals surface area contributed by atoms with Crippen LogP contribution in [0.25, 0.3) is 16.6 Å². The monoisotopic (exact) mass is 432 g/mol. The zero-order chi connectivity index (χ0) is 22.3. The number of carbonyl (C=O) groups is 1. The molecule has 1 amide bonds. The van der Waals surface area contributed by atoms with E-state index in [-0.39, 0.29) is 35.7 Å². The lowest BCUT2D eigenvalue weighted by Gasteiger charge is -2.21. The van der Waals surface area contributed by atoms with Crippen molar-refractivity contribution in [2.45, 2.75) is 19.6 Å². The summed E-state index contributed by atoms with van der Waals surface area (Å²) in [5.41, 5.74) is 6.22. The molecule has 0 saturated heterocycles. The van der Waals surface area contributed by atoms with Gasteiger partial charge in [0.15, 0.2) is 0 Å². The summed E-state index contributed by atoms with van der Waals surface area (Å²) in [6, 6.07) is 4.56. The van der Waals surface area contributed by atoms with Gasteiger partial charge in [-0.05, 0) is 25.1 Å². The van der Waals surface area contributed by atoms with E-state index in [4.69, 9.17) is 5.73 Å². The highest BCUT2D eigenvalue weighted by atomic mass is 19.4. The average molecular weight is 432 g/mol. The number of anilines is 1. The molecule has 0 spiro atoms. The fourth-order valence-electron chi connectivity index (χ4n) is 3.24. The molecule has 0 unspecified atom stereocenters. The molecule has 4 aromatic rings. The Kier molecular flexibility index (Phi) is 4.96. The summed E-state index contributed by atoms with van der Waals surface area (Å²) in [5, 5.41) is 0. The number of halogens is 4. The Labute approximate surface area is 173 Å². The average Bonchev–Trinajstić information content (AvgIpc) is 3.22. The molecule has 0 aliphatic heterocycles. The molecule has 2 N–H and O–H groups in total. The van der Waals surface area contributed by atoms with E-state index in [1.54, 1.807) is 11.3 Å². The van der Waals surface area contributed by atoms with E-state index in [9.17, 15) is 22.4 Å². The Balaban J connectivity index is 1.68. The molecule has 0 bridgehead atoms. The van der Waals surface area contributed by atoms with Gasteiger partial charge in [-0.25, -0.2) is 14.4 Å². The minimum absolute atomic E-state index is 0.0780. The van der Waals surface area contributed by atoms with E-state index in [0.29, 0.717) is 17.2 Å². The minimum atomic E-state index is -4.50. The van der Waals surface area contributed by atoms with Crippen LogP contribution < -0.4 is 5.73 Å². The third-order valence-corrected chi connectivity index (χ3v) is 4.87. The number of benzene rings is 1. The molecule has 3 heterocycles. The molecule has 1 aromatic carbocycles. The number of fused-ring (bicyclic) bond motifs is 3. The Hall–Kier alpha value is -3.76. The van der Waals surface area contributed by atoms with Crippen LogP contribution in [0.4, 0.5) is 23.4 Å². The fraction of sp³-hybridized carbons (Fsp3) is 0.200.